The third kappa shape index (κ3) is 2.64. The van der Waals surface area contributed by atoms with Gasteiger partial charge < -0.3 is 19.6 Å². The number of H-pyrrole nitrogens is 2. The van der Waals surface area contributed by atoms with Crippen molar-refractivity contribution >= 4 is 21.1 Å². The lowest BCUT2D eigenvalue weighted by Crippen LogP contribution is -2.34. The molecule has 0 aliphatic carbocycles. The fourth-order valence-electron chi connectivity index (χ4n) is 3.05. The highest BCUT2D eigenvalue weighted by Crippen LogP contribution is 2.34. The van der Waals surface area contributed by atoms with Crippen LogP contribution in [0.2, 0.25) is 0 Å². The van der Waals surface area contributed by atoms with Crippen molar-refractivity contribution in [3.8, 4) is 0 Å². The Kier molecular flexibility index (Phi) is 3.75. The zero-order chi connectivity index (χ0) is 18.5. The van der Waals surface area contributed by atoms with E-state index in [9.17, 15) is 18.3 Å². The normalized spacial score (nSPS) is 21.6. The molecule has 2 aromatic heterocycles. The molecule has 1 aliphatic heterocycles. The van der Waals surface area contributed by atoms with E-state index in [2.05, 4.69) is 20.1 Å². The maximum Gasteiger partial charge on any atom is 0.323 e. The summed E-state index contributed by atoms with van der Waals surface area (Å²) in [5, 5.41) is 14.5. The van der Waals surface area contributed by atoms with Gasteiger partial charge in [0.2, 0.25) is 10.0 Å². The van der Waals surface area contributed by atoms with E-state index in [0.717, 1.165) is 0 Å². The van der Waals surface area contributed by atoms with E-state index in [1.807, 2.05) is 6.92 Å². The van der Waals surface area contributed by atoms with Gasteiger partial charge in [0.1, 0.15) is 0 Å². The summed E-state index contributed by atoms with van der Waals surface area (Å²) in [6.45, 7) is 1.79. The summed E-state index contributed by atoms with van der Waals surface area (Å²) in [5.41, 5.74) is -1.01. The predicted octanol–water partition coefficient (Wildman–Crippen LogP) is 0.0838. The Morgan fingerprint density at radius 2 is 2.12 bits per heavy atom. The van der Waals surface area contributed by atoms with Crippen LogP contribution >= 0.6 is 0 Å². The molecule has 0 radical (unpaired) electrons. The number of aryl methyl sites for hydroxylation is 1. The van der Waals surface area contributed by atoms with Gasteiger partial charge in [0.05, 0.1) is 22.5 Å². The molecule has 3 aromatic rings. The molecule has 1 aromatic carbocycles. The van der Waals surface area contributed by atoms with E-state index in [0.29, 0.717) is 23.3 Å². The molecule has 1 unspecified atom stereocenters. The van der Waals surface area contributed by atoms with Crippen LogP contribution in [-0.2, 0) is 22.0 Å². The first-order valence-electron chi connectivity index (χ1n) is 8.09. The number of aliphatic hydroxyl groups is 1. The molecule has 3 heterocycles. The molecule has 1 saturated heterocycles. The van der Waals surface area contributed by atoms with Gasteiger partial charge >= 0.3 is 5.69 Å². The zero-order valence-corrected chi connectivity index (χ0v) is 14.7. The predicted molar refractivity (Wildman–Crippen MR) is 89.9 cm³/mol. The Bertz CT molecular complexity index is 1130. The lowest BCUT2D eigenvalue weighted by molar-refractivity contribution is 0.0194. The molecule has 3 N–H and O–H groups in total. The molecule has 1 fully saturated rings. The van der Waals surface area contributed by atoms with Gasteiger partial charge in [-0.1, -0.05) is 12.1 Å². The number of fused-ring (bicyclic) bond motifs is 1. The molecule has 4 rings (SSSR count). The number of benzene rings is 1. The first kappa shape index (κ1) is 16.9. The summed E-state index contributed by atoms with van der Waals surface area (Å²) in [4.78, 5) is 20.6. The Balaban J connectivity index is 1.64. The second-order valence-corrected chi connectivity index (χ2v) is 8.21. The van der Waals surface area contributed by atoms with Crippen LogP contribution in [0.5, 0.6) is 0 Å². The first-order valence-corrected chi connectivity index (χ1v) is 9.53. The minimum atomic E-state index is -3.85. The second kappa shape index (κ2) is 5.76. The Morgan fingerprint density at radius 3 is 2.85 bits per heavy atom. The Hall–Kier alpha value is -2.50. The molecule has 0 saturated carbocycles. The molecule has 138 valence electrons. The van der Waals surface area contributed by atoms with Gasteiger partial charge in [-0.25, -0.2) is 13.2 Å². The minimum Gasteiger partial charge on any atom is -0.379 e. The third-order valence-electron chi connectivity index (χ3n) is 4.52. The van der Waals surface area contributed by atoms with E-state index >= 15 is 0 Å². The largest absolute Gasteiger partial charge is 0.379 e. The van der Waals surface area contributed by atoms with Crippen molar-refractivity contribution in [2.75, 3.05) is 13.1 Å². The summed E-state index contributed by atoms with van der Waals surface area (Å²) < 4.78 is 32.1. The molecule has 0 amide bonds. The average molecular weight is 379 g/mol. The second-order valence-electron chi connectivity index (χ2n) is 6.28. The molecule has 26 heavy (non-hydrogen) atoms. The maximum atomic E-state index is 12.9. The molecule has 0 bridgehead atoms. The van der Waals surface area contributed by atoms with Crippen LogP contribution in [0, 0.1) is 0 Å². The van der Waals surface area contributed by atoms with E-state index < -0.39 is 21.3 Å². The maximum absolute atomic E-state index is 12.9. The third-order valence-corrected chi connectivity index (χ3v) is 6.36. The van der Waals surface area contributed by atoms with Gasteiger partial charge in [-0.05, 0) is 18.2 Å². The van der Waals surface area contributed by atoms with Crippen molar-refractivity contribution in [1.82, 2.24) is 24.4 Å². The number of sulfonamides is 1. The highest BCUT2D eigenvalue weighted by Gasteiger charge is 2.46. The smallest absolute Gasteiger partial charge is 0.323 e. The van der Waals surface area contributed by atoms with E-state index in [1.165, 1.54) is 22.5 Å². The van der Waals surface area contributed by atoms with Crippen molar-refractivity contribution in [3.05, 3.63) is 40.4 Å². The summed E-state index contributed by atoms with van der Waals surface area (Å²) in [6, 6.07) is 4.33. The first-order chi connectivity index (χ1) is 12.3. The molecular formula is C15H17N5O5S. The SMILES string of the molecule is CCc1noc(C2(O)CCN(S(=O)(=O)c3ccc4[nH]c(=O)[nH]c4c3)C2)n1. The average Bonchev–Trinajstić information content (AvgIpc) is 3.31. The molecular weight excluding hydrogens is 362 g/mol. The number of aromatic amines is 2. The van der Waals surface area contributed by atoms with Gasteiger partial charge in [0, 0.05) is 19.4 Å². The number of aromatic nitrogens is 4. The standard InChI is InChI=1S/C15H17N5O5S/c1-2-12-18-13(25-19-12)15(22)5-6-20(8-15)26(23,24)9-3-4-10-11(7-9)17-14(21)16-10/h3-4,7,22H,2,5-6,8H2,1H3,(H2,16,17,21). The summed E-state index contributed by atoms with van der Waals surface area (Å²) >= 11 is 0. The van der Waals surface area contributed by atoms with Crippen LogP contribution in [0.25, 0.3) is 11.0 Å². The monoisotopic (exact) mass is 379 g/mol. The van der Waals surface area contributed by atoms with Crippen molar-refractivity contribution in [1.29, 1.82) is 0 Å². The van der Waals surface area contributed by atoms with Gasteiger partial charge in [0.15, 0.2) is 11.4 Å². The molecule has 1 aliphatic rings. The quantitative estimate of drug-likeness (QED) is 0.582. The number of rotatable bonds is 4. The van der Waals surface area contributed by atoms with Gasteiger partial charge in [-0.3, -0.25) is 0 Å². The molecule has 10 nitrogen and oxygen atoms in total. The molecule has 0 spiro atoms. The van der Waals surface area contributed by atoms with Crippen molar-refractivity contribution in [3.63, 3.8) is 0 Å². The molecule has 11 heteroatoms. The van der Waals surface area contributed by atoms with E-state index in [-0.39, 0.29) is 30.3 Å². The van der Waals surface area contributed by atoms with Crippen LogP contribution in [0.15, 0.2) is 32.4 Å². The van der Waals surface area contributed by atoms with Crippen LogP contribution in [-0.4, -0.2) is 51.0 Å². The summed E-state index contributed by atoms with van der Waals surface area (Å²) in [5.74, 6) is 0.481. The number of hydrogen-bond donors (Lipinski definition) is 3. The van der Waals surface area contributed by atoms with Gasteiger partial charge in [-0.15, -0.1) is 0 Å². The Labute approximate surface area is 147 Å². The zero-order valence-electron chi connectivity index (χ0n) is 13.9. The van der Waals surface area contributed by atoms with Crippen molar-refractivity contribution < 1.29 is 18.0 Å². The lowest BCUT2D eigenvalue weighted by Gasteiger charge is -2.19. The Morgan fingerprint density at radius 1 is 1.35 bits per heavy atom. The van der Waals surface area contributed by atoms with Crippen LogP contribution in [0.3, 0.4) is 0 Å². The van der Waals surface area contributed by atoms with Gasteiger partial charge in [-0.2, -0.15) is 9.29 Å². The number of β-amino-alcohol motifs (C(OH)–C–C–N with tert-alkyl or cyclic N) is 1. The van der Waals surface area contributed by atoms with Crippen molar-refractivity contribution in [2.24, 2.45) is 0 Å². The highest BCUT2D eigenvalue weighted by atomic mass is 32.2. The number of hydrogen-bond acceptors (Lipinski definition) is 7. The van der Waals surface area contributed by atoms with E-state index in [4.69, 9.17) is 4.52 Å². The fraction of sp³-hybridized carbons (Fsp3) is 0.400. The van der Waals surface area contributed by atoms with Crippen LogP contribution < -0.4 is 5.69 Å². The fourth-order valence-corrected chi connectivity index (χ4v) is 4.57. The van der Waals surface area contributed by atoms with Crippen molar-refractivity contribution in [2.45, 2.75) is 30.3 Å². The lowest BCUT2D eigenvalue weighted by atomic mass is 10.0. The van der Waals surface area contributed by atoms with Crippen LogP contribution in [0.1, 0.15) is 25.1 Å². The topological polar surface area (TPSA) is 145 Å². The van der Waals surface area contributed by atoms with Gasteiger partial charge in [0.25, 0.3) is 5.89 Å². The van der Waals surface area contributed by atoms with E-state index in [1.54, 1.807) is 0 Å². The summed E-state index contributed by atoms with van der Waals surface area (Å²) in [6.07, 6.45) is 0.706. The minimum absolute atomic E-state index is 0.0254. The summed E-state index contributed by atoms with van der Waals surface area (Å²) in [7, 11) is -3.85. The molecule has 1 atom stereocenters. The number of nitrogens with one attached hydrogen (secondary N) is 2. The number of nitrogens with zero attached hydrogens (tertiary/aromatic N) is 3. The number of imidazole rings is 1. The van der Waals surface area contributed by atoms with Crippen LogP contribution in [0.4, 0.5) is 0 Å². The highest BCUT2D eigenvalue weighted by molar-refractivity contribution is 7.89.